The van der Waals surface area contributed by atoms with E-state index in [0.717, 1.165) is 12.1 Å². The summed E-state index contributed by atoms with van der Waals surface area (Å²) in [7, 11) is 1.62. The summed E-state index contributed by atoms with van der Waals surface area (Å²) in [6.07, 6.45) is 2.06. The van der Waals surface area contributed by atoms with E-state index >= 15 is 0 Å². The molecule has 1 aromatic heterocycles. The lowest BCUT2D eigenvalue weighted by molar-refractivity contribution is -0.145. The summed E-state index contributed by atoms with van der Waals surface area (Å²) in [6, 6.07) is 0. The predicted molar refractivity (Wildman–Crippen MR) is 60.2 cm³/mol. The Morgan fingerprint density at radius 3 is 2.88 bits per heavy atom. The van der Waals surface area contributed by atoms with Crippen molar-refractivity contribution in [1.29, 1.82) is 0 Å². The molecule has 1 aliphatic rings. The number of primary amides is 1. The van der Waals surface area contributed by atoms with Crippen LogP contribution in [0.25, 0.3) is 0 Å². The third kappa shape index (κ3) is 2.05. The lowest BCUT2D eigenvalue weighted by Gasteiger charge is -2.15. The van der Waals surface area contributed by atoms with Crippen LogP contribution in [0.15, 0.2) is 6.33 Å². The summed E-state index contributed by atoms with van der Waals surface area (Å²) in [4.78, 5) is 15.1. The average molecular weight is 239 g/mol. The number of carbonyl (C=O) groups is 1. The average Bonchev–Trinajstić information content (AvgIpc) is 2.81. The van der Waals surface area contributed by atoms with Crippen molar-refractivity contribution >= 4 is 5.91 Å². The van der Waals surface area contributed by atoms with Crippen molar-refractivity contribution in [2.75, 3.05) is 7.11 Å². The number of aromatic nitrogens is 2. The van der Waals surface area contributed by atoms with Gasteiger partial charge in [-0.1, -0.05) is 6.92 Å². The van der Waals surface area contributed by atoms with Gasteiger partial charge in [0.25, 0.3) is 5.91 Å². The van der Waals surface area contributed by atoms with Crippen molar-refractivity contribution in [1.82, 2.24) is 9.55 Å². The van der Waals surface area contributed by atoms with E-state index in [2.05, 4.69) is 11.9 Å². The highest BCUT2D eigenvalue weighted by atomic mass is 16.7. The summed E-state index contributed by atoms with van der Waals surface area (Å²) >= 11 is 0. The third-order valence-corrected chi connectivity index (χ3v) is 3.15. The molecule has 0 saturated carbocycles. The second-order valence-corrected chi connectivity index (χ2v) is 4.36. The number of ether oxygens (including phenoxy) is 2. The van der Waals surface area contributed by atoms with Gasteiger partial charge in [-0.3, -0.25) is 4.79 Å². The number of carbonyl (C=O) groups excluding carboxylic acids is 1. The molecule has 0 aliphatic carbocycles. The maximum Gasteiger partial charge on any atom is 0.269 e. The molecular weight excluding hydrogens is 222 g/mol. The molecule has 1 fully saturated rings. The number of imidazole rings is 1. The van der Waals surface area contributed by atoms with Crippen molar-refractivity contribution in [3.8, 4) is 0 Å². The smallest absolute Gasteiger partial charge is 0.269 e. The largest absolute Gasteiger partial charge is 0.364 e. The molecule has 3 atom stereocenters. The summed E-state index contributed by atoms with van der Waals surface area (Å²) in [5, 5.41) is 0. The molecule has 1 aliphatic heterocycles. The van der Waals surface area contributed by atoms with Crippen LogP contribution in [0.1, 0.15) is 35.8 Å². The Bertz CT molecular complexity index is 430. The van der Waals surface area contributed by atoms with E-state index in [9.17, 15) is 4.79 Å². The van der Waals surface area contributed by atoms with Crippen LogP contribution in [0, 0.1) is 12.8 Å². The van der Waals surface area contributed by atoms with Gasteiger partial charge in [-0.25, -0.2) is 4.98 Å². The molecule has 0 unspecified atom stereocenters. The van der Waals surface area contributed by atoms with Gasteiger partial charge in [-0.2, -0.15) is 0 Å². The zero-order valence-electron chi connectivity index (χ0n) is 10.2. The van der Waals surface area contributed by atoms with E-state index in [1.165, 1.54) is 0 Å². The molecule has 0 aromatic carbocycles. The number of rotatable bonds is 3. The molecule has 2 rings (SSSR count). The summed E-state index contributed by atoms with van der Waals surface area (Å²) in [5.74, 6) is -0.209. The molecule has 1 saturated heterocycles. The third-order valence-electron chi connectivity index (χ3n) is 3.15. The Morgan fingerprint density at radius 1 is 1.71 bits per heavy atom. The van der Waals surface area contributed by atoms with Crippen molar-refractivity contribution in [3.63, 3.8) is 0 Å². The topological polar surface area (TPSA) is 79.4 Å². The van der Waals surface area contributed by atoms with Crippen LogP contribution in [0.5, 0.6) is 0 Å². The van der Waals surface area contributed by atoms with Crippen molar-refractivity contribution in [2.24, 2.45) is 11.7 Å². The lowest BCUT2D eigenvalue weighted by atomic mass is 10.1. The highest BCUT2D eigenvalue weighted by molar-refractivity contribution is 5.91. The Hall–Kier alpha value is -1.40. The van der Waals surface area contributed by atoms with Gasteiger partial charge in [-0.05, 0) is 6.92 Å². The van der Waals surface area contributed by atoms with Crippen LogP contribution in [0.3, 0.4) is 0 Å². The lowest BCUT2D eigenvalue weighted by Crippen LogP contribution is -2.17. The highest BCUT2D eigenvalue weighted by Gasteiger charge is 2.34. The number of hydrogen-bond acceptors (Lipinski definition) is 4. The minimum absolute atomic E-state index is 0.143. The van der Waals surface area contributed by atoms with E-state index in [-0.39, 0.29) is 12.5 Å². The molecule has 1 amide bonds. The van der Waals surface area contributed by atoms with Crippen LogP contribution in [-0.2, 0) is 9.47 Å². The number of methoxy groups -OCH3 is 1. The molecular formula is C11H17N3O3. The normalized spacial score (nSPS) is 28.5. The quantitative estimate of drug-likeness (QED) is 0.846. The molecule has 17 heavy (non-hydrogen) atoms. The van der Waals surface area contributed by atoms with Gasteiger partial charge in [0, 0.05) is 25.1 Å². The number of nitrogens with zero attached hydrogens (tertiary/aromatic N) is 2. The van der Waals surface area contributed by atoms with E-state index in [1.54, 1.807) is 20.4 Å². The standard InChI is InChI=1S/C11H17N3O3/c1-6-4-8(17-11(6)16-3)14-5-13-9(7(14)2)10(12)15/h5-6,8,11H,4H2,1-3H3,(H2,12,15)/t6-,8+,11-/m0/s1. The fourth-order valence-electron chi connectivity index (χ4n) is 2.20. The van der Waals surface area contributed by atoms with E-state index in [4.69, 9.17) is 15.2 Å². The summed E-state index contributed by atoms with van der Waals surface area (Å²) in [5.41, 5.74) is 6.25. The number of nitrogens with two attached hydrogens (primary N) is 1. The molecule has 2 heterocycles. The minimum Gasteiger partial charge on any atom is -0.364 e. The van der Waals surface area contributed by atoms with Crippen LogP contribution >= 0.6 is 0 Å². The van der Waals surface area contributed by atoms with E-state index in [0.29, 0.717) is 11.6 Å². The van der Waals surface area contributed by atoms with E-state index in [1.807, 2.05) is 4.57 Å². The highest BCUT2D eigenvalue weighted by Crippen LogP contribution is 2.34. The first-order chi connectivity index (χ1) is 8.04. The molecule has 0 bridgehead atoms. The summed E-state index contributed by atoms with van der Waals surface area (Å²) < 4.78 is 12.8. The predicted octanol–water partition coefficient (Wildman–Crippen LogP) is 0.818. The fourth-order valence-corrected chi connectivity index (χ4v) is 2.20. The maximum atomic E-state index is 11.1. The first-order valence-electron chi connectivity index (χ1n) is 5.56. The number of hydrogen-bond donors (Lipinski definition) is 1. The SMILES string of the molecule is CO[C@H]1O[C@@H](n2cnc(C(N)=O)c2C)C[C@@H]1C. The zero-order valence-corrected chi connectivity index (χ0v) is 10.2. The van der Waals surface area contributed by atoms with Crippen molar-refractivity contribution in [2.45, 2.75) is 32.8 Å². The Morgan fingerprint density at radius 2 is 2.41 bits per heavy atom. The van der Waals surface area contributed by atoms with Crippen LogP contribution < -0.4 is 5.73 Å². The molecule has 1 aromatic rings. The first-order valence-corrected chi connectivity index (χ1v) is 5.56. The second kappa shape index (κ2) is 4.46. The van der Waals surface area contributed by atoms with Gasteiger partial charge in [-0.15, -0.1) is 0 Å². The number of amides is 1. The van der Waals surface area contributed by atoms with Gasteiger partial charge in [0.15, 0.2) is 6.29 Å². The molecule has 6 heteroatoms. The molecule has 2 N–H and O–H groups in total. The molecule has 6 nitrogen and oxygen atoms in total. The van der Waals surface area contributed by atoms with Crippen LogP contribution in [0.4, 0.5) is 0 Å². The maximum absolute atomic E-state index is 11.1. The van der Waals surface area contributed by atoms with Gasteiger partial charge in [0.05, 0.1) is 6.33 Å². The molecule has 0 spiro atoms. The monoisotopic (exact) mass is 239 g/mol. The van der Waals surface area contributed by atoms with Crippen molar-refractivity contribution in [3.05, 3.63) is 17.7 Å². The van der Waals surface area contributed by atoms with Gasteiger partial charge in [0.2, 0.25) is 0 Å². The Balaban J connectivity index is 2.22. The van der Waals surface area contributed by atoms with Gasteiger partial charge in [0.1, 0.15) is 11.9 Å². The Kier molecular flexibility index (Phi) is 3.17. The minimum atomic E-state index is -0.518. The van der Waals surface area contributed by atoms with Crippen LogP contribution in [0.2, 0.25) is 0 Å². The second-order valence-electron chi connectivity index (χ2n) is 4.36. The van der Waals surface area contributed by atoms with Crippen LogP contribution in [-0.4, -0.2) is 28.9 Å². The fraction of sp³-hybridized carbons (Fsp3) is 0.636. The Labute approximate surface area is 99.7 Å². The van der Waals surface area contributed by atoms with E-state index < -0.39 is 5.91 Å². The van der Waals surface area contributed by atoms with Gasteiger partial charge < -0.3 is 19.8 Å². The summed E-state index contributed by atoms with van der Waals surface area (Å²) in [6.45, 7) is 3.87. The molecule has 0 radical (unpaired) electrons. The van der Waals surface area contributed by atoms with Gasteiger partial charge >= 0.3 is 0 Å². The zero-order chi connectivity index (χ0) is 12.6. The first kappa shape index (κ1) is 12.1. The van der Waals surface area contributed by atoms with Crippen molar-refractivity contribution < 1.29 is 14.3 Å². The molecule has 94 valence electrons.